The molecule has 2 aromatic rings. The first-order chi connectivity index (χ1) is 8.77. The minimum Gasteiger partial charge on any atom is -0.505 e. The highest BCUT2D eigenvalue weighted by atomic mass is 35.5. The lowest BCUT2D eigenvalue weighted by molar-refractivity contribution is -0.136. The maximum absolute atomic E-state index is 12.9. The Balaban J connectivity index is 3.08. The number of benzene rings is 1. The smallest absolute Gasteiger partial charge is 0.418 e. The third-order valence-electron chi connectivity index (χ3n) is 2.45. The summed E-state index contributed by atoms with van der Waals surface area (Å²) < 4.78 is 38.7. The highest BCUT2D eigenvalue weighted by Crippen LogP contribution is 2.43. The highest BCUT2D eigenvalue weighted by molar-refractivity contribution is 6.32. The van der Waals surface area contributed by atoms with Gasteiger partial charge in [0.2, 0.25) is 5.69 Å². The predicted octanol–water partition coefficient (Wildman–Crippen LogP) is 3.30. The molecular formula is C10H4ClF3N2O3. The van der Waals surface area contributed by atoms with Gasteiger partial charge in [0.1, 0.15) is 0 Å². The Morgan fingerprint density at radius 1 is 1.32 bits per heavy atom. The number of fused-ring (bicyclic) bond motifs is 1. The molecule has 0 bridgehead atoms. The van der Waals surface area contributed by atoms with E-state index in [0.717, 1.165) is 12.1 Å². The predicted molar refractivity (Wildman–Crippen MR) is 61.7 cm³/mol. The number of H-pyrrole nitrogens is 1. The molecule has 0 aliphatic rings. The van der Waals surface area contributed by atoms with Crippen molar-refractivity contribution in [3.8, 4) is 5.75 Å². The number of aromatic nitrogens is 1. The van der Waals surface area contributed by atoms with E-state index in [9.17, 15) is 28.0 Å². The van der Waals surface area contributed by atoms with E-state index < -0.39 is 39.1 Å². The van der Waals surface area contributed by atoms with Crippen LogP contribution in [0.1, 0.15) is 5.56 Å². The lowest BCUT2D eigenvalue weighted by Gasteiger charge is -2.13. The molecule has 9 heteroatoms. The molecule has 1 heterocycles. The summed E-state index contributed by atoms with van der Waals surface area (Å²) in [6.07, 6.45) is -4.87. The lowest BCUT2D eigenvalue weighted by atomic mass is 10.1. The van der Waals surface area contributed by atoms with Crippen molar-refractivity contribution in [3.05, 3.63) is 38.0 Å². The van der Waals surface area contributed by atoms with Crippen molar-refractivity contribution >= 4 is 28.2 Å². The maximum atomic E-state index is 12.9. The zero-order chi connectivity index (χ0) is 14.4. The fourth-order valence-electron chi connectivity index (χ4n) is 1.70. The average Bonchev–Trinajstić information content (AvgIpc) is 2.29. The number of halogens is 4. The Bertz CT molecular complexity index is 739. The zero-order valence-electron chi connectivity index (χ0n) is 8.88. The number of nitroso groups, excluding NO2 is 1. The highest BCUT2D eigenvalue weighted by Gasteiger charge is 2.37. The van der Waals surface area contributed by atoms with Gasteiger partial charge >= 0.3 is 6.18 Å². The SMILES string of the molecule is O=Nc1c(O)c2c(C(F)(F)F)c(Cl)ccc2[nH]c1=O. The summed E-state index contributed by atoms with van der Waals surface area (Å²) in [5.41, 5.74) is -3.76. The molecule has 19 heavy (non-hydrogen) atoms. The Morgan fingerprint density at radius 2 is 1.95 bits per heavy atom. The van der Waals surface area contributed by atoms with Crippen molar-refractivity contribution in [2.75, 3.05) is 0 Å². The second kappa shape index (κ2) is 4.23. The van der Waals surface area contributed by atoms with Crippen molar-refractivity contribution in [1.29, 1.82) is 0 Å². The van der Waals surface area contributed by atoms with Crippen LogP contribution < -0.4 is 5.56 Å². The number of hydrogen-bond donors (Lipinski definition) is 2. The fourth-order valence-corrected chi connectivity index (χ4v) is 1.96. The first kappa shape index (κ1) is 13.3. The molecule has 0 aliphatic heterocycles. The van der Waals surface area contributed by atoms with Gasteiger partial charge in [-0.05, 0) is 17.3 Å². The number of hydrogen-bond acceptors (Lipinski definition) is 4. The standard InChI is InChI=1S/C10H4ClF3N2O3/c11-3-1-2-4-5(6(3)10(12,13)14)8(17)7(16-19)9(18)15-4/h1-2H,(H2,15,17,18). The zero-order valence-corrected chi connectivity index (χ0v) is 9.63. The molecule has 0 saturated heterocycles. The molecule has 1 aromatic heterocycles. The van der Waals surface area contributed by atoms with Crippen molar-refractivity contribution in [3.63, 3.8) is 0 Å². The molecule has 1 aromatic carbocycles. The number of aromatic amines is 1. The minimum atomic E-state index is -4.87. The van der Waals surface area contributed by atoms with E-state index in [4.69, 9.17) is 11.6 Å². The summed E-state index contributed by atoms with van der Waals surface area (Å²) in [4.78, 5) is 23.7. The molecule has 2 rings (SSSR count). The summed E-state index contributed by atoms with van der Waals surface area (Å²) in [5, 5.41) is 10.4. The first-order valence-corrected chi connectivity index (χ1v) is 5.13. The van der Waals surface area contributed by atoms with Crippen LogP contribution in [0.5, 0.6) is 5.75 Å². The minimum absolute atomic E-state index is 0.299. The molecule has 5 nitrogen and oxygen atoms in total. The van der Waals surface area contributed by atoms with Gasteiger partial charge in [0.15, 0.2) is 5.75 Å². The summed E-state index contributed by atoms with van der Waals surface area (Å²) >= 11 is 5.46. The average molecular weight is 293 g/mol. The third-order valence-corrected chi connectivity index (χ3v) is 2.77. The fraction of sp³-hybridized carbons (Fsp3) is 0.100. The molecule has 0 amide bonds. The summed E-state index contributed by atoms with van der Waals surface area (Å²) in [5.74, 6) is -1.15. The number of nitrogens with zero attached hydrogens (tertiary/aromatic N) is 1. The molecule has 0 unspecified atom stereocenters. The second-order valence-corrected chi connectivity index (χ2v) is 3.99. The van der Waals surface area contributed by atoms with E-state index in [1.807, 2.05) is 4.98 Å². The topological polar surface area (TPSA) is 82.5 Å². The summed E-state index contributed by atoms with van der Waals surface area (Å²) in [6, 6.07) is 2.01. The monoisotopic (exact) mass is 292 g/mol. The first-order valence-electron chi connectivity index (χ1n) is 4.75. The Labute approximate surface area is 107 Å². The van der Waals surface area contributed by atoms with Crippen molar-refractivity contribution < 1.29 is 18.3 Å². The van der Waals surface area contributed by atoms with E-state index >= 15 is 0 Å². The summed E-state index contributed by atoms with van der Waals surface area (Å²) in [7, 11) is 0. The van der Waals surface area contributed by atoms with Gasteiger partial charge in [0, 0.05) is 0 Å². The molecule has 0 atom stereocenters. The van der Waals surface area contributed by atoms with Crippen LogP contribution in [0.4, 0.5) is 18.9 Å². The van der Waals surface area contributed by atoms with Crippen molar-refractivity contribution in [2.24, 2.45) is 5.18 Å². The number of alkyl halides is 3. The normalized spacial score (nSPS) is 11.8. The van der Waals surface area contributed by atoms with Gasteiger partial charge in [-0.25, -0.2) is 0 Å². The Morgan fingerprint density at radius 3 is 2.47 bits per heavy atom. The van der Waals surface area contributed by atoms with Gasteiger partial charge in [0.05, 0.1) is 21.5 Å². The number of pyridine rings is 1. The van der Waals surface area contributed by atoms with Crippen LogP contribution in [-0.4, -0.2) is 10.1 Å². The van der Waals surface area contributed by atoms with Crippen LogP contribution in [0, 0.1) is 4.91 Å². The largest absolute Gasteiger partial charge is 0.505 e. The Hall–Kier alpha value is -2.09. The van der Waals surface area contributed by atoms with E-state index in [0.29, 0.717) is 0 Å². The lowest BCUT2D eigenvalue weighted by Crippen LogP contribution is -2.11. The van der Waals surface area contributed by atoms with E-state index in [-0.39, 0.29) is 5.52 Å². The van der Waals surface area contributed by atoms with Crippen LogP contribution >= 0.6 is 11.6 Å². The van der Waals surface area contributed by atoms with Crippen LogP contribution in [0.2, 0.25) is 5.02 Å². The molecule has 0 fully saturated rings. The third kappa shape index (κ3) is 2.03. The molecule has 0 saturated carbocycles. The quantitative estimate of drug-likeness (QED) is 0.791. The van der Waals surface area contributed by atoms with Gasteiger partial charge in [-0.2, -0.15) is 13.2 Å². The molecule has 0 spiro atoms. The van der Waals surface area contributed by atoms with Crippen LogP contribution in [0.15, 0.2) is 22.1 Å². The molecule has 0 radical (unpaired) electrons. The molecule has 100 valence electrons. The van der Waals surface area contributed by atoms with E-state index in [2.05, 4.69) is 5.18 Å². The number of rotatable bonds is 1. The maximum Gasteiger partial charge on any atom is 0.418 e. The molecular weight excluding hydrogens is 289 g/mol. The van der Waals surface area contributed by atoms with E-state index in [1.54, 1.807) is 0 Å². The summed E-state index contributed by atoms with van der Waals surface area (Å²) in [6.45, 7) is 0. The number of aromatic hydroxyl groups is 1. The van der Waals surface area contributed by atoms with Crippen molar-refractivity contribution in [2.45, 2.75) is 6.18 Å². The van der Waals surface area contributed by atoms with Crippen LogP contribution in [0.3, 0.4) is 0 Å². The van der Waals surface area contributed by atoms with Gasteiger partial charge in [-0.1, -0.05) is 11.6 Å². The second-order valence-electron chi connectivity index (χ2n) is 3.59. The van der Waals surface area contributed by atoms with Crippen molar-refractivity contribution in [1.82, 2.24) is 4.98 Å². The van der Waals surface area contributed by atoms with Gasteiger partial charge < -0.3 is 10.1 Å². The van der Waals surface area contributed by atoms with Crippen LogP contribution in [-0.2, 0) is 6.18 Å². The molecule has 0 aliphatic carbocycles. The Kier molecular flexibility index (Phi) is 2.97. The van der Waals surface area contributed by atoms with Gasteiger partial charge in [-0.3, -0.25) is 4.79 Å². The van der Waals surface area contributed by atoms with Gasteiger partial charge in [-0.15, -0.1) is 4.91 Å². The number of nitrogens with one attached hydrogen (secondary N) is 1. The van der Waals surface area contributed by atoms with Crippen LogP contribution in [0.25, 0.3) is 10.9 Å². The molecule has 2 N–H and O–H groups in total. The van der Waals surface area contributed by atoms with E-state index in [1.165, 1.54) is 0 Å². The van der Waals surface area contributed by atoms with Gasteiger partial charge in [0.25, 0.3) is 5.56 Å².